The number of thiazole rings is 1. The highest BCUT2D eigenvalue weighted by Gasteiger charge is 2.09. The zero-order valence-corrected chi connectivity index (χ0v) is 15.2. The first kappa shape index (κ1) is 16.5. The van der Waals surface area contributed by atoms with Crippen LogP contribution in [0.2, 0.25) is 0 Å². The van der Waals surface area contributed by atoms with Gasteiger partial charge in [-0.15, -0.1) is 0 Å². The van der Waals surface area contributed by atoms with Crippen molar-refractivity contribution in [2.45, 2.75) is 13.8 Å². The van der Waals surface area contributed by atoms with Crippen LogP contribution in [0.1, 0.15) is 17.0 Å². The number of halogens is 1. The Morgan fingerprint density at radius 2 is 1.88 bits per heavy atom. The van der Waals surface area contributed by atoms with E-state index in [1.54, 1.807) is 29.7 Å². The predicted molar refractivity (Wildman–Crippen MR) is 106 cm³/mol. The second-order valence-electron chi connectivity index (χ2n) is 6.00. The molecule has 2 heterocycles. The van der Waals surface area contributed by atoms with E-state index in [9.17, 15) is 4.39 Å². The molecular weight excluding hydrogens is 347 g/mol. The molecule has 0 atom stereocenters. The molecule has 0 saturated heterocycles. The molecule has 130 valence electrons. The van der Waals surface area contributed by atoms with Crippen LogP contribution in [0, 0.1) is 19.7 Å². The number of anilines is 1. The maximum absolute atomic E-state index is 13.2. The number of hydrazone groups is 1. The molecule has 2 aromatic heterocycles. The molecule has 4 nitrogen and oxygen atoms in total. The fraction of sp³-hybridized carbons (Fsp3) is 0.100. The minimum atomic E-state index is -0.238. The average molecular weight is 364 g/mol. The molecular formula is C20H17FN4S. The van der Waals surface area contributed by atoms with Gasteiger partial charge in [-0.1, -0.05) is 23.5 Å². The zero-order valence-electron chi connectivity index (χ0n) is 14.4. The van der Waals surface area contributed by atoms with Gasteiger partial charge in [0.1, 0.15) is 5.82 Å². The van der Waals surface area contributed by atoms with Gasteiger partial charge in [0.05, 0.1) is 16.4 Å². The highest BCUT2D eigenvalue weighted by atomic mass is 32.1. The van der Waals surface area contributed by atoms with Crippen molar-refractivity contribution in [1.29, 1.82) is 0 Å². The van der Waals surface area contributed by atoms with Crippen LogP contribution in [-0.4, -0.2) is 15.8 Å². The van der Waals surface area contributed by atoms with Crippen LogP contribution in [-0.2, 0) is 0 Å². The first-order valence-corrected chi connectivity index (χ1v) is 9.03. The average Bonchev–Trinajstić information content (AvgIpc) is 3.17. The number of benzene rings is 2. The van der Waals surface area contributed by atoms with Crippen LogP contribution in [0.5, 0.6) is 0 Å². The Morgan fingerprint density at radius 3 is 2.65 bits per heavy atom. The maximum atomic E-state index is 13.2. The molecule has 0 aliphatic heterocycles. The van der Waals surface area contributed by atoms with E-state index in [0.29, 0.717) is 0 Å². The van der Waals surface area contributed by atoms with E-state index in [1.165, 1.54) is 12.1 Å². The lowest BCUT2D eigenvalue weighted by Crippen LogP contribution is -1.99. The first-order valence-electron chi connectivity index (χ1n) is 8.21. The predicted octanol–water partition coefficient (Wildman–Crippen LogP) is 5.29. The molecule has 4 rings (SSSR count). The minimum absolute atomic E-state index is 0.238. The van der Waals surface area contributed by atoms with Crippen LogP contribution in [0.4, 0.5) is 9.52 Å². The topological polar surface area (TPSA) is 42.2 Å². The standard InChI is InChI=1S/C20H17FN4S/c1-13-11-15(14(2)25(13)17-9-7-16(21)8-10-17)12-22-24-20-23-18-5-3-4-6-19(18)26-20/h3-12H,1-2H3,(H,23,24)/b22-12-. The molecule has 4 aromatic rings. The van der Waals surface area contributed by atoms with Crippen molar-refractivity contribution in [2.75, 3.05) is 5.43 Å². The van der Waals surface area contributed by atoms with Gasteiger partial charge in [0.2, 0.25) is 5.13 Å². The highest BCUT2D eigenvalue weighted by molar-refractivity contribution is 7.22. The zero-order chi connectivity index (χ0) is 18.1. The van der Waals surface area contributed by atoms with Crippen LogP contribution in [0.3, 0.4) is 0 Å². The summed E-state index contributed by atoms with van der Waals surface area (Å²) in [6.07, 6.45) is 1.79. The molecule has 0 aliphatic carbocycles. The Kier molecular flexibility index (Phi) is 4.26. The van der Waals surface area contributed by atoms with Gasteiger partial charge in [-0.3, -0.25) is 5.43 Å². The fourth-order valence-electron chi connectivity index (χ4n) is 2.98. The molecule has 6 heteroatoms. The third kappa shape index (κ3) is 3.11. The van der Waals surface area contributed by atoms with E-state index < -0.39 is 0 Å². The molecule has 0 aliphatic rings. The molecule has 1 N–H and O–H groups in total. The summed E-state index contributed by atoms with van der Waals surface area (Å²) in [5.41, 5.74) is 8.01. The molecule has 0 unspecified atom stereocenters. The van der Waals surface area contributed by atoms with Crippen LogP contribution < -0.4 is 5.43 Å². The second kappa shape index (κ2) is 6.72. The number of nitrogens with zero attached hydrogens (tertiary/aromatic N) is 3. The Morgan fingerprint density at radius 1 is 1.12 bits per heavy atom. The molecule has 0 spiro atoms. The summed E-state index contributed by atoms with van der Waals surface area (Å²) in [5.74, 6) is -0.238. The smallest absolute Gasteiger partial charge is 0.204 e. The largest absolute Gasteiger partial charge is 0.318 e. The SMILES string of the molecule is Cc1cc(/C=N\Nc2nc3ccccc3s2)c(C)n1-c1ccc(F)cc1. The van der Waals surface area contributed by atoms with Gasteiger partial charge in [-0.25, -0.2) is 9.37 Å². The van der Waals surface area contributed by atoms with Crippen LogP contribution >= 0.6 is 11.3 Å². The van der Waals surface area contributed by atoms with E-state index in [-0.39, 0.29) is 5.82 Å². The van der Waals surface area contributed by atoms with Gasteiger partial charge < -0.3 is 4.57 Å². The number of aryl methyl sites for hydroxylation is 1. The first-order chi connectivity index (χ1) is 12.6. The highest BCUT2D eigenvalue weighted by Crippen LogP contribution is 2.25. The summed E-state index contributed by atoms with van der Waals surface area (Å²) in [7, 11) is 0. The lowest BCUT2D eigenvalue weighted by atomic mass is 10.2. The Hall–Kier alpha value is -2.99. The number of fused-ring (bicyclic) bond motifs is 1. The van der Waals surface area contributed by atoms with Crippen molar-refractivity contribution in [3.63, 3.8) is 0 Å². The van der Waals surface area contributed by atoms with E-state index >= 15 is 0 Å². The summed E-state index contributed by atoms with van der Waals surface area (Å²) in [6.45, 7) is 4.05. The number of aromatic nitrogens is 2. The maximum Gasteiger partial charge on any atom is 0.204 e. The Balaban J connectivity index is 1.57. The number of nitrogens with one attached hydrogen (secondary N) is 1. The molecule has 0 radical (unpaired) electrons. The molecule has 0 bridgehead atoms. The van der Waals surface area contributed by atoms with Gasteiger partial charge in [-0.2, -0.15) is 5.10 Å². The van der Waals surface area contributed by atoms with Crippen LogP contribution in [0.25, 0.3) is 15.9 Å². The van der Waals surface area contributed by atoms with Gasteiger partial charge in [0, 0.05) is 22.6 Å². The molecule has 0 fully saturated rings. The molecule has 0 saturated carbocycles. The monoisotopic (exact) mass is 364 g/mol. The molecule has 26 heavy (non-hydrogen) atoms. The quantitative estimate of drug-likeness (QED) is 0.395. The lowest BCUT2D eigenvalue weighted by molar-refractivity contribution is 0.627. The summed E-state index contributed by atoms with van der Waals surface area (Å²) in [5, 5.41) is 5.09. The number of hydrogen-bond donors (Lipinski definition) is 1. The van der Waals surface area contributed by atoms with Crippen molar-refractivity contribution in [3.05, 3.63) is 77.4 Å². The third-order valence-corrected chi connectivity index (χ3v) is 5.15. The molecule has 2 aromatic carbocycles. The van der Waals surface area contributed by atoms with E-state index in [2.05, 4.69) is 26.1 Å². The summed E-state index contributed by atoms with van der Waals surface area (Å²) in [6, 6.07) is 16.5. The number of rotatable bonds is 4. The summed E-state index contributed by atoms with van der Waals surface area (Å²) in [4.78, 5) is 4.50. The lowest BCUT2D eigenvalue weighted by Gasteiger charge is -2.09. The fourth-order valence-corrected chi connectivity index (χ4v) is 3.80. The number of hydrogen-bond acceptors (Lipinski definition) is 4. The second-order valence-corrected chi connectivity index (χ2v) is 7.03. The van der Waals surface area contributed by atoms with Crippen molar-refractivity contribution in [2.24, 2.45) is 5.10 Å². The van der Waals surface area contributed by atoms with Crippen molar-refractivity contribution >= 4 is 32.9 Å². The van der Waals surface area contributed by atoms with Gasteiger partial charge >= 0.3 is 0 Å². The summed E-state index contributed by atoms with van der Waals surface area (Å²) < 4.78 is 16.4. The van der Waals surface area contributed by atoms with Gasteiger partial charge in [-0.05, 0) is 56.3 Å². The van der Waals surface area contributed by atoms with Crippen molar-refractivity contribution in [1.82, 2.24) is 9.55 Å². The van der Waals surface area contributed by atoms with Gasteiger partial charge in [0.15, 0.2) is 0 Å². The van der Waals surface area contributed by atoms with E-state index in [4.69, 9.17) is 0 Å². The Labute approximate surface area is 154 Å². The molecule has 0 amide bonds. The van der Waals surface area contributed by atoms with Gasteiger partial charge in [0.25, 0.3) is 0 Å². The number of para-hydroxylation sites is 1. The summed E-state index contributed by atoms with van der Waals surface area (Å²) >= 11 is 1.57. The van der Waals surface area contributed by atoms with Crippen LogP contribution in [0.15, 0.2) is 59.7 Å². The van der Waals surface area contributed by atoms with Crippen molar-refractivity contribution in [3.8, 4) is 5.69 Å². The third-order valence-electron chi connectivity index (χ3n) is 4.21. The Bertz CT molecular complexity index is 1060. The van der Waals surface area contributed by atoms with Crippen molar-refractivity contribution < 1.29 is 4.39 Å². The normalized spacial score (nSPS) is 11.5. The van der Waals surface area contributed by atoms with E-state index in [0.717, 1.165) is 38.0 Å². The minimum Gasteiger partial charge on any atom is -0.318 e. The van der Waals surface area contributed by atoms with E-state index in [1.807, 2.05) is 38.1 Å².